The Bertz CT molecular complexity index is 574. The lowest BCUT2D eigenvalue weighted by atomic mass is 9.95. The van der Waals surface area contributed by atoms with Crippen molar-refractivity contribution < 1.29 is 17.9 Å². The highest BCUT2D eigenvalue weighted by Crippen LogP contribution is 2.32. The molecule has 2 unspecified atom stereocenters. The zero-order chi connectivity index (χ0) is 14.8. The fourth-order valence-corrected chi connectivity index (χ4v) is 3.40. The highest BCUT2D eigenvalue weighted by atomic mass is 35.7. The van der Waals surface area contributed by atoms with Gasteiger partial charge in [-0.15, -0.1) is 0 Å². The zero-order valence-electron chi connectivity index (χ0n) is 11.0. The Balaban J connectivity index is 2.10. The van der Waals surface area contributed by atoms with E-state index in [0.29, 0.717) is 5.75 Å². The van der Waals surface area contributed by atoms with Crippen LogP contribution in [-0.2, 0) is 13.8 Å². The molecule has 1 aliphatic carbocycles. The van der Waals surface area contributed by atoms with Crippen molar-refractivity contribution in [1.29, 1.82) is 0 Å². The predicted octanol–water partition coefficient (Wildman–Crippen LogP) is 3.60. The lowest BCUT2D eigenvalue weighted by Gasteiger charge is -2.29. The lowest BCUT2D eigenvalue weighted by molar-refractivity contribution is 0.0210. The first kappa shape index (κ1) is 15.9. The molecular formula is C13H16Cl2O4S. The molecule has 1 aromatic carbocycles. The van der Waals surface area contributed by atoms with Crippen LogP contribution in [0.3, 0.4) is 0 Å². The number of methoxy groups -OCH3 is 1. The van der Waals surface area contributed by atoms with Crippen LogP contribution < -0.4 is 4.74 Å². The molecule has 4 nitrogen and oxygen atoms in total. The third-order valence-electron chi connectivity index (χ3n) is 3.39. The van der Waals surface area contributed by atoms with E-state index in [9.17, 15) is 8.42 Å². The molecule has 112 valence electrons. The van der Waals surface area contributed by atoms with Crippen LogP contribution in [0.15, 0.2) is 23.1 Å². The molecule has 1 aliphatic rings. The van der Waals surface area contributed by atoms with E-state index in [1.165, 1.54) is 18.2 Å². The molecule has 0 bridgehead atoms. The van der Waals surface area contributed by atoms with E-state index in [1.54, 1.807) is 7.11 Å². The van der Waals surface area contributed by atoms with E-state index >= 15 is 0 Å². The minimum atomic E-state index is -3.78. The van der Waals surface area contributed by atoms with Crippen molar-refractivity contribution in [2.24, 2.45) is 0 Å². The minimum absolute atomic E-state index is 0.0321. The maximum absolute atomic E-state index is 11.2. The molecule has 2 atom stereocenters. The van der Waals surface area contributed by atoms with Crippen molar-refractivity contribution >= 4 is 31.3 Å². The number of benzene rings is 1. The van der Waals surface area contributed by atoms with E-state index in [1.807, 2.05) is 0 Å². The fourth-order valence-electron chi connectivity index (χ4n) is 2.33. The topological polar surface area (TPSA) is 52.6 Å². The van der Waals surface area contributed by atoms with Gasteiger partial charge >= 0.3 is 0 Å². The van der Waals surface area contributed by atoms with Gasteiger partial charge in [-0.2, -0.15) is 0 Å². The molecule has 0 radical (unpaired) electrons. The second kappa shape index (κ2) is 6.52. The van der Waals surface area contributed by atoms with Gasteiger partial charge in [0.05, 0.1) is 16.0 Å². The van der Waals surface area contributed by atoms with Crippen LogP contribution in [0.4, 0.5) is 0 Å². The average molecular weight is 339 g/mol. The normalized spacial score (nSPS) is 23.6. The summed E-state index contributed by atoms with van der Waals surface area (Å²) in [5, 5.41) is 0.242. The Hall–Kier alpha value is -0.490. The SMILES string of the molecule is COC1CCCC(Oc2ccc(S(=O)(=O)Cl)cc2Cl)C1. The van der Waals surface area contributed by atoms with Crippen LogP contribution in [0.25, 0.3) is 0 Å². The quantitative estimate of drug-likeness (QED) is 0.787. The van der Waals surface area contributed by atoms with Crippen molar-refractivity contribution in [3.05, 3.63) is 23.2 Å². The summed E-state index contributed by atoms with van der Waals surface area (Å²) in [5.74, 6) is 0.470. The van der Waals surface area contributed by atoms with Crippen molar-refractivity contribution in [2.45, 2.75) is 42.8 Å². The summed E-state index contributed by atoms with van der Waals surface area (Å²) in [6.45, 7) is 0. The predicted molar refractivity (Wildman–Crippen MR) is 78.2 cm³/mol. The van der Waals surface area contributed by atoms with Gasteiger partial charge in [-0.3, -0.25) is 0 Å². The van der Waals surface area contributed by atoms with Crippen LogP contribution in [0.2, 0.25) is 5.02 Å². The monoisotopic (exact) mass is 338 g/mol. The van der Waals surface area contributed by atoms with Crippen molar-refractivity contribution in [3.63, 3.8) is 0 Å². The molecule has 0 saturated heterocycles. The summed E-state index contributed by atoms with van der Waals surface area (Å²) in [7, 11) is 3.19. The Labute approximate surface area is 128 Å². The van der Waals surface area contributed by atoms with Gasteiger partial charge in [0.15, 0.2) is 0 Å². The average Bonchev–Trinajstić information content (AvgIpc) is 2.40. The first-order chi connectivity index (χ1) is 9.40. The molecule has 0 aromatic heterocycles. The number of rotatable bonds is 4. The Morgan fingerprint density at radius 2 is 1.95 bits per heavy atom. The van der Waals surface area contributed by atoms with E-state index in [0.717, 1.165) is 25.7 Å². The highest BCUT2D eigenvalue weighted by Gasteiger charge is 2.24. The Morgan fingerprint density at radius 1 is 1.25 bits per heavy atom. The standard InChI is InChI=1S/C13H16Cl2O4S/c1-18-9-3-2-4-10(7-9)19-13-6-5-11(8-12(13)14)20(15,16)17/h5-6,8-10H,2-4,7H2,1H3. The molecule has 1 fully saturated rings. The number of hydrogen-bond acceptors (Lipinski definition) is 4. The Morgan fingerprint density at radius 3 is 2.55 bits per heavy atom. The second-order valence-corrected chi connectivity index (χ2v) is 7.77. The Kier molecular flexibility index (Phi) is 5.18. The summed E-state index contributed by atoms with van der Waals surface area (Å²) in [4.78, 5) is -0.0325. The van der Waals surface area contributed by atoms with Crippen LogP contribution in [-0.4, -0.2) is 27.7 Å². The van der Waals surface area contributed by atoms with Crippen LogP contribution in [0.5, 0.6) is 5.75 Å². The molecule has 0 heterocycles. The summed E-state index contributed by atoms with van der Waals surface area (Å²) < 4.78 is 33.6. The van der Waals surface area contributed by atoms with Crippen molar-refractivity contribution in [2.75, 3.05) is 7.11 Å². The molecular weight excluding hydrogens is 323 g/mol. The maximum atomic E-state index is 11.2. The first-order valence-corrected chi connectivity index (χ1v) is 9.02. The highest BCUT2D eigenvalue weighted by molar-refractivity contribution is 8.13. The minimum Gasteiger partial charge on any atom is -0.489 e. The second-order valence-electron chi connectivity index (χ2n) is 4.79. The van der Waals surface area contributed by atoms with Gasteiger partial charge in [0.2, 0.25) is 0 Å². The smallest absolute Gasteiger partial charge is 0.261 e. The van der Waals surface area contributed by atoms with Gasteiger partial charge in [0, 0.05) is 24.2 Å². The fraction of sp³-hybridized carbons (Fsp3) is 0.538. The summed E-state index contributed by atoms with van der Waals surface area (Å²) >= 11 is 6.05. The van der Waals surface area contributed by atoms with Crippen LogP contribution >= 0.6 is 22.3 Å². The van der Waals surface area contributed by atoms with E-state index < -0.39 is 9.05 Å². The van der Waals surface area contributed by atoms with Gasteiger partial charge in [0.25, 0.3) is 9.05 Å². The molecule has 1 saturated carbocycles. The lowest BCUT2D eigenvalue weighted by Crippen LogP contribution is -2.29. The maximum Gasteiger partial charge on any atom is 0.261 e. The molecule has 0 N–H and O–H groups in total. The molecule has 0 spiro atoms. The molecule has 0 aliphatic heterocycles. The van der Waals surface area contributed by atoms with E-state index in [4.69, 9.17) is 31.8 Å². The third kappa shape index (κ3) is 4.01. The van der Waals surface area contributed by atoms with Gasteiger partial charge in [-0.25, -0.2) is 8.42 Å². The van der Waals surface area contributed by atoms with Gasteiger partial charge in [-0.1, -0.05) is 11.6 Å². The third-order valence-corrected chi connectivity index (χ3v) is 5.04. The summed E-state index contributed by atoms with van der Waals surface area (Å²) in [5.41, 5.74) is 0. The summed E-state index contributed by atoms with van der Waals surface area (Å²) in [6.07, 6.45) is 4.05. The molecule has 2 rings (SSSR count). The number of ether oxygens (including phenoxy) is 2. The molecule has 20 heavy (non-hydrogen) atoms. The van der Waals surface area contributed by atoms with Crippen LogP contribution in [0.1, 0.15) is 25.7 Å². The van der Waals surface area contributed by atoms with Crippen molar-refractivity contribution in [1.82, 2.24) is 0 Å². The van der Waals surface area contributed by atoms with Gasteiger partial charge in [0.1, 0.15) is 11.9 Å². The zero-order valence-corrected chi connectivity index (χ0v) is 13.3. The van der Waals surface area contributed by atoms with Gasteiger partial charge < -0.3 is 9.47 Å². The van der Waals surface area contributed by atoms with Gasteiger partial charge in [-0.05, 0) is 37.5 Å². The molecule has 7 heteroatoms. The largest absolute Gasteiger partial charge is 0.489 e. The summed E-state index contributed by atoms with van der Waals surface area (Å²) in [6, 6.07) is 4.23. The van der Waals surface area contributed by atoms with E-state index in [-0.39, 0.29) is 22.1 Å². The van der Waals surface area contributed by atoms with E-state index in [2.05, 4.69) is 0 Å². The molecule has 1 aromatic rings. The first-order valence-electron chi connectivity index (χ1n) is 6.34. The molecule has 0 amide bonds. The number of halogens is 2. The van der Waals surface area contributed by atoms with Crippen molar-refractivity contribution in [3.8, 4) is 5.75 Å². The number of hydrogen-bond donors (Lipinski definition) is 0. The van der Waals surface area contributed by atoms with Crippen LogP contribution in [0, 0.1) is 0 Å².